The molecule has 0 bridgehead atoms. The number of nitrogens with one attached hydrogen (secondary N) is 1. The van der Waals surface area contributed by atoms with Crippen LogP contribution in [0.15, 0.2) is 59.0 Å². The molecule has 0 radical (unpaired) electrons. The number of rotatable bonds is 6. The highest BCUT2D eigenvalue weighted by molar-refractivity contribution is 5.94. The van der Waals surface area contributed by atoms with Crippen molar-refractivity contribution in [2.75, 3.05) is 38.7 Å². The Labute approximate surface area is 182 Å². The van der Waals surface area contributed by atoms with Gasteiger partial charge in [0.2, 0.25) is 0 Å². The summed E-state index contributed by atoms with van der Waals surface area (Å²) in [6, 6.07) is 17.2. The summed E-state index contributed by atoms with van der Waals surface area (Å²) in [6.45, 7) is 5.10. The lowest BCUT2D eigenvalue weighted by atomic mass is 10.0. The maximum absolute atomic E-state index is 12.7. The van der Waals surface area contributed by atoms with Crippen LogP contribution in [0, 0.1) is 6.92 Å². The first-order valence-electron chi connectivity index (χ1n) is 10.4. The Kier molecular flexibility index (Phi) is 6.25. The smallest absolute Gasteiger partial charge is 0.253 e. The van der Waals surface area contributed by atoms with E-state index in [4.69, 9.17) is 14.9 Å². The summed E-state index contributed by atoms with van der Waals surface area (Å²) < 4.78 is 11.4. The molecule has 7 nitrogen and oxygen atoms in total. The van der Waals surface area contributed by atoms with Crippen molar-refractivity contribution in [3.05, 3.63) is 71.5 Å². The average Bonchev–Trinajstić information content (AvgIpc) is 3.30. The molecule has 1 aromatic heterocycles. The highest BCUT2D eigenvalue weighted by Crippen LogP contribution is 2.37. The first-order chi connectivity index (χ1) is 15.1. The molecule has 1 amide bonds. The van der Waals surface area contributed by atoms with Crippen LogP contribution < -0.4 is 15.9 Å². The zero-order chi connectivity index (χ0) is 21.8. The van der Waals surface area contributed by atoms with Gasteiger partial charge in [-0.25, -0.2) is 5.01 Å². The quantitative estimate of drug-likeness (QED) is 0.635. The van der Waals surface area contributed by atoms with E-state index in [1.807, 2.05) is 66.4 Å². The predicted molar refractivity (Wildman–Crippen MR) is 121 cm³/mol. The topological polar surface area (TPSA) is 84.0 Å². The number of carbonyl (C=O) groups excluding carboxylic acids is 1. The van der Waals surface area contributed by atoms with E-state index in [9.17, 15) is 4.79 Å². The van der Waals surface area contributed by atoms with Crippen molar-refractivity contribution in [3.8, 4) is 17.1 Å². The fourth-order valence-electron chi connectivity index (χ4n) is 3.84. The van der Waals surface area contributed by atoms with Crippen LogP contribution >= 0.6 is 0 Å². The van der Waals surface area contributed by atoms with Crippen LogP contribution in [0.3, 0.4) is 0 Å². The number of piperazine rings is 1. The maximum atomic E-state index is 12.7. The second-order valence-electron chi connectivity index (χ2n) is 7.54. The predicted octanol–water partition coefficient (Wildman–Crippen LogP) is 3.51. The van der Waals surface area contributed by atoms with Gasteiger partial charge in [0.1, 0.15) is 17.3 Å². The van der Waals surface area contributed by atoms with Crippen molar-refractivity contribution in [2.45, 2.75) is 13.5 Å². The van der Waals surface area contributed by atoms with Crippen LogP contribution in [-0.2, 0) is 6.54 Å². The Morgan fingerprint density at radius 2 is 1.81 bits per heavy atom. The zero-order valence-electron chi connectivity index (χ0n) is 17.9. The van der Waals surface area contributed by atoms with Crippen molar-refractivity contribution < 1.29 is 13.9 Å². The Bertz CT molecular complexity index is 1040. The number of carbonyl (C=O) groups is 1. The van der Waals surface area contributed by atoms with Crippen LogP contribution in [0.4, 0.5) is 5.69 Å². The summed E-state index contributed by atoms with van der Waals surface area (Å²) in [5, 5.41) is 2.13. The number of amides is 1. The van der Waals surface area contributed by atoms with E-state index < -0.39 is 0 Å². The minimum atomic E-state index is 0.0726. The van der Waals surface area contributed by atoms with E-state index in [-0.39, 0.29) is 5.91 Å². The van der Waals surface area contributed by atoms with Crippen molar-refractivity contribution in [1.82, 2.24) is 9.91 Å². The van der Waals surface area contributed by atoms with E-state index >= 15 is 0 Å². The minimum absolute atomic E-state index is 0.0726. The molecule has 2 heterocycles. The molecule has 2 aromatic carbocycles. The maximum Gasteiger partial charge on any atom is 0.253 e. The van der Waals surface area contributed by atoms with Gasteiger partial charge in [-0.2, -0.15) is 0 Å². The van der Waals surface area contributed by atoms with Gasteiger partial charge in [0, 0.05) is 42.9 Å². The number of nitrogens with two attached hydrogens (primary N) is 1. The molecule has 1 fully saturated rings. The molecule has 0 atom stereocenters. The van der Waals surface area contributed by atoms with Crippen LogP contribution in [-0.4, -0.2) is 49.1 Å². The Morgan fingerprint density at radius 3 is 2.45 bits per heavy atom. The summed E-state index contributed by atoms with van der Waals surface area (Å²) in [7, 11) is 1.67. The lowest BCUT2D eigenvalue weighted by molar-refractivity contribution is 0.0662. The van der Waals surface area contributed by atoms with Gasteiger partial charge >= 0.3 is 0 Å². The Hall–Kier alpha value is -3.29. The van der Waals surface area contributed by atoms with E-state index in [0.717, 1.165) is 39.6 Å². The van der Waals surface area contributed by atoms with Gasteiger partial charge in [-0.05, 0) is 43.3 Å². The Balaban J connectivity index is 1.51. The molecule has 162 valence electrons. The fourth-order valence-corrected chi connectivity index (χ4v) is 3.84. The molecule has 7 heteroatoms. The highest BCUT2D eigenvalue weighted by atomic mass is 16.5. The molecule has 0 unspecified atom stereocenters. The Morgan fingerprint density at radius 1 is 1.06 bits per heavy atom. The SMILES string of the molecule is COc1ccc(-c2ccc(CN)o2)c(NN2CCN(C(=O)c3ccccc3)CC2)c1C. The number of furan rings is 1. The molecule has 0 saturated carbocycles. The van der Waals surface area contributed by atoms with Gasteiger partial charge in [0.15, 0.2) is 0 Å². The van der Waals surface area contributed by atoms with Crippen molar-refractivity contribution in [3.63, 3.8) is 0 Å². The van der Waals surface area contributed by atoms with Crippen LogP contribution in [0.1, 0.15) is 21.7 Å². The van der Waals surface area contributed by atoms with Crippen LogP contribution in [0.5, 0.6) is 5.75 Å². The fraction of sp³-hybridized carbons (Fsp3) is 0.292. The number of methoxy groups -OCH3 is 1. The largest absolute Gasteiger partial charge is 0.496 e. The summed E-state index contributed by atoms with van der Waals surface area (Å²) in [5.41, 5.74) is 12.9. The molecule has 0 aliphatic carbocycles. The molecule has 1 saturated heterocycles. The van der Waals surface area contributed by atoms with Gasteiger partial charge in [-0.1, -0.05) is 18.2 Å². The number of nitrogens with zero attached hydrogens (tertiary/aromatic N) is 2. The molecule has 1 aliphatic heterocycles. The first kappa shape index (κ1) is 21.0. The molecule has 0 spiro atoms. The summed E-state index contributed by atoms with van der Waals surface area (Å²) in [5.74, 6) is 2.37. The van der Waals surface area contributed by atoms with Crippen molar-refractivity contribution >= 4 is 11.6 Å². The number of hydrazine groups is 1. The van der Waals surface area contributed by atoms with E-state index in [1.54, 1.807) is 7.11 Å². The number of ether oxygens (including phenoxy) is 1. The van der Waals surface area contributed by atoms with E-state index in [2.05, 4.69) is 10.4 Å². The van der Waals surface area contributed by atoms with E-state index in [1.165, 1.54) is 0 Å². The molecule has 3 aromatic rings. The molecule has 4 rings (SSSR count). The van der Waals surface area contributed by atoms with Crippen molar-refractivity contribution in [1.29, 1.82) is 0 Å². The number of benzene rings is 2. The van der Waals surface area contributed by atoms with Gasteiger partial charge in [0.05, 0.1) is 19.3 Å². The molecular formula is C24H28N4O3. The lowest BCUT2D eigenvalue weighted by Gasteiger charge is -2.36. The molecule has 31 heavy (non-hydrogen) atoms. The van der Waals surface area contributed by atoms with Gasteiger partial charge < -0.3 is 25.2 Å². The second kappa shape index (κ2) is 9.24. The van der Waals surface area contributed by atoms with Gasteiger partial charge in [-0.3, -0.25) is 4.79 Å². The lowest BCUT2D eigenvalue weighted by Crippen LogP contribution is -2.50. The molecular weight excluding hydrogens is 392 g/mol. The van der Waals surface area contributed by atoms with Gasteiger partial charge in [-0.15, -0.1) is 0 Å². The number of anilines is 1. The second-order valence-corrected chi connectivity index (χ2v) is 7.54. The monoisotopic (exact) mass is 420 g/mol. The summed E-state index contributed by atoms with van der Waals surface area (Å²) >= 11 is 0. The third-order valence-electron chi connectivity index (χ3n) is 5.62. The first-order valence-corrected chi connectivity index (χ1v) is 10.4. The van der Waals surface area contributed by atoms with Crippen molar-refractivity contribution in [2.24, 2.45) is 5.73 Å². The standard InChI is InChI=1S/C24H28N4O3/c1-17-21(30-2)11-9-20(22-10-8-19(16-25)31-22)23(17)26-28-14-12-27(13-15-28)24(29)18-6-4-3-5-7-18/h3-11,26H,12-16,25H2,1-2H3. The van der Waals surface area contributed by atoms with Gasteiger partial charge in [0.25, 0.3) is 5.91 Å². The van der Waals surface area contributed by atoms with E-state index in [0.29, 0.717) is 32.7 Å². The third-order valence-corrected chi connectivity index (χ3v) is 5.62. The highest BCUT2D eigenvalue weighted by Gasteiger charge is 2.24. The molecule has 1 aliphatic rings. The number of hydrogen-bond acceptors (Lipinski definition) is 6. The zero-order valence-corrected chi connectivity index (χ0v) is 17.9. The third kappa shape index (κ3) is 4.42. The molecule has 3 N–H and O–H groups in total. The normalized spacial score (nSPS) is 14.5. The number of hydrogen-bond donors (Lipinski definition) is 2. The summed E-state index contributed by atoms with van der Waals surface area (Å²) in [4.78, 5) is 14.6. The summed E-state index contributed by atoms with van der Waals surface area (Å²) in [6.07, 6.45) is 0. The van der Waals surface area contributed by atoms with Crippen LogP contribution in [0.25, 0.3) is 11.3 Å². The minimum Gasteiger partial charge on any atom is -0.496 e. The van der Waals surface area contributed by atoms with Crippen LogP contribution in [0.2, 0.25) is 0 Å². The average molecular weight is 421 g/mol.